The first-order valence-electron chi connectivity index (χ1n) is 0. The van der Waals surface area contributed by atoms with Crippen molar-refractivity contribution in [1.82, 2.24) is 0 Å². The van der Waals surface area contributed by atoms with Crippen LogP contribution in [0.25, 0.3) is 0 Å². The van der Waals surface area contributed by atoms with Gasteiger partial charge in [-0.05, 0) is 0 Å². The fourth-order valence-electron chi connectivity index (χ4n) is 0. The van der Waals surface area contributed by atoms with Gasteiger partial charge in [-0.3, -0.25) is 0 Å². The zero-order chi connectivity index (χ0) is 0. The molecular formula is CoPrSmY. The third kappa shape index (κ3) is 9.58. The standard InChI is InChI=1S/Co.Pr.Sm.Y. The molecule has 0 aliphatic heterocycles. The van der Waals surface area contributed by atoms with Crippen molar-refractivity contribution in [3.05, 3.63) is 0 Å². The molecule has 0 saturated heterocycles. The first kappa shape index (κ1) is 23.9. The Labute approximate surface area is 127 Å². The Bertz CT molecular complexity index is 8.00. The third-order valence-corrected chi connectivity index (χ3v) is 0. The van der Waals surface area contributed by atoms with Gasteiger partial charge in [-0.25, -0.2) is 0 Å². The Morgan fingerprint density at radius 1 is 1.00 bits per heavy atom. The minimum atomic E-state index is 0. The fraction of sp³-hybridized carbons (Fsp3) is 0. The summed E-state index contributed by atoms with van der Waals surface area (Å²) in [6, 6.07) is 0. The minimum Gasteiger partial charge on any atom is 0 e. The van der Waals surface area contributed by atoms with Gasteiger partial charge in [0.1, 0.15) is 0 Å². The van der Waals surface area contributed by atoms with E-state index in [0.717, 1.165) is 0 Å². The van der Waals surface area contributed by atoms with Crippen molar-refractivity contribution in [2.75, 3.05) is 0 Å². The summed E-state index contributed by atoms with van der Waals surface area (Å²) in [4.78, 5) is 0. The molecule has 4 heavy (non-hydrogen) atoms. The molecule has 0 N–H and O–H groups in total. The molecule has 0 heterocycles. The molecule has 0 nitrogen and oxygen atoms in total. The van der Waals surface area contributed by atoms with Crippen molar-refractivity contribution < 1.29 is 131 Å². The maximum absolute atomic E-state index is 0. The van der Waals surface area contributed by atoms with E-state index in [0.29, 0.717) is 0 Å². The number of rotatable bonds is 0. The van der Waals surface area contributed by atoms with Crippen molar-refractivity contribution in [1.29, 1.82) is 0 Å². The maximum atomic E-state index is 0. The van der Waals surface area contributed by atoms with E-state index in [4.69, 9.17) is 0 Å². The van der Waals surface area contributed by atoms with Crippen LogP contribution in [0, 0.1) is 81.7 Å². The second-order valence-electron chi connectivity index (χ2n) is 0. The van der Waals surface area contributed by atoms with E-state index < -0.39 is 0 Å². The molecule has 0 unspecified atom stereocenters. The summed E-state index contributed by atoms with van der Waals surface area (Å²) in [5, 5.41) is 0. The van der Waals surface area contributed by atoms with Crippen LogP contribution in [0.4, 0.5) is 0 Å². The van der Waals surface area contributed by atoms with Crippen molar-refractivity contribution in [3.63, 3.8) is 0 Å². The smallest absolute Gasteiger partial charge is 0 e. The van der Waals surface area contributed by atoms with Crippen LogP contribution >= 0.6 is 0 Å². The molecular weight excluding hydrogens is 439 g/mol. The molecule has 3 radical (unpaired) electrons. The van der Waals surface area contributed by atoms with Gasteiger partial charge in [-0.2, -0.15) is 0 Å². The van der Waals surface area contributed by atoms with Gasteiger partial charge in [0.25, 0.3) is 0 Å². The van der Waals surface area contributed by atoms with E-state index in [-0.39, 0.29) is 131 Å². The van der Waals surface area contributed by atoms with Gasteiger partial charge < -0.3 is 0 Å². The molecule has 0 aromatic rings. The van der Waals surface area contributed by atoms with Gasteiger partial charge in [-0.1, -0.05) is 0 Å². The summed E-state index contributed by atoms with van der Waals surface area (Å²) in [6.07, 6.45) is 0. The summed E-state index contributed by atoms with van der Waals surface area (Å²) >= 11 is 0. The molecule has 0 saturated carbocycles. The van der Waals surface area contributed by atoms with Crippen LogP contribution in [0.2, 0.25) is 0 Å². The van der Waals surface area contributed by atoms with E-state index in [1.54, 1.807) is 0 Å². The van der Waals surface area contributed by atoms with E-state index in [2.05, 4.69) is 0 Å². The molecule has 4 heteroatoms. The first-order valence-corrected chi connectivity index (χ1v) is 0. The SMILES string of the molecule is [Co].[Pr].[Sm].[Y]. The normalized spacial score (nSPS) is 0. The van der Waals surface area contributed by atoms with Crippen molar-refractivity contribution in [3.8, 4) is 0 Å². The number of hydrogen-bond donors (Lipinski definition) is 0. The Kier molecular flexibility index (Phi) is 93.6. The largest absolute Gasteiger partial charge is 0 e. The molecule has 0 rings (SSSR count). The second-order valence-corrected chi connectivity index (χ2v) is 0. The average molecular weight is 439 g/mol. The van der Waals surface area contributed by atoms with Crippen molar-refractivity contribution in [2.24, 2.45) is 0 Å². The predicted octanol–water partition coefficient (Wildman–Crippen LogP) is -0.00500. The summed E-state index contributed by atoms with van der Waals surface area (Å²) in [5.74, 6) is 0. The van der Waals surface area contributed by atoms with E-state index >= 15 is 0 Å². The fourth-order valence-corrected chi connectivity index (χ4v) is 0. The molecule has 0 atom stereocenters. The zero-order valence-electron chi connectivity index (χ0n) is 1.90. The van der Waals surface area contributed by atoms with Crippen LogP contribution < -0.4 is 0 Å². The molecule has 0 aliphatic carbocycles. The van der Waals surface area contributed by atoms with Gasteiger partial charge in [0, 0.05) is 131 Å². The topological polar surface area (TPSA) is 0 Å². The van der Waals surface area contributed by atoms with Gasteiger partial charge in [0.2, 0.25) is 0 Å². The summed E-state index contributed by atoms with van der Waals surface area (Å²) in [7, 11) is 0. The quantitative estimate of drug-likeness (QED) is 0.499. The molecule has 0 bridgehead atoms. The average Bonchev–Trinajstić information content (AvgIpc) is 0. The zero-order valence-corrected chi connectivity index (χ0v) is 12.1. The molecule has 0 spiro atoms. The van der Waals surface area contributed by atoms with Crippen LogP contribution in [0.1, 0.15) is 0 Å². The molecule has 0 fully saturated rings. The van der Waals surface area contributed by atoms with Crippen LogP contribution in [0.15, 0.2) is 0 Å². The van der Waals surface area contributed by atoms with Crippen LogP contribution in [-0.2, 0) is 49.5 Å². The second kappa shape index (κ2) is 15.7. The number of hydrogen-bond acceptors (Lipinski definition) is 0. The Hall–Kier alpha value is 4.31. The Morgan fingerprint density at radius 2 is 1.00 bits per heavy atom. The van der Waals surface area contributed by atoms with Crippen molar-refractivity contribution in [2.45, 2.75) is 0 Å². The molecule has 21 valence electrons. The molecule has 0 amide bonds. The summed E-state index contributed by atoms with van der Waals surface area (Å²) < 4.78 is 0. The Balaban J connectivity index is 0. The monoisotopic (exact) mass is 441 g/mol. The van der Waals surface area contributed by atoms with E-state index in [1.165, 1.54) is 0 Å². The van der Waals surface area contributed by atoms with Crippen LogP contribution in [0.3, 0.4) is 0 Å². The van der Waals surface area contributed by atoms with E-state index in [9.17, 15) is 0 Å². The summed E-state index contributed by atoms with van der Waals surface area (Å²) in [6.45, 7) is 0. The minimum absolute atomic E-state index is 0. The summed E-state index contributed by atoms with van der Waals surface area (Å²) in [5.41, 5.74) is 0. The van der Waals surface area contributed by atoms with Gasteiger partial charge in [0.15, 0.2) is 0 Å². The van der Waals surface area contributed by atoms with Gasteiger partial charge in [-0.15, -0.1) is 0 Å². The Morgan fingerprint density at radius 3 is 1.00 bits per heavy atom. The van der Waals surface area contributed by atoms with Gasteiger partial charge in [0.05, 0.1) is 0 Å². The van der Waals surface area contributed by atoms with Gasteiger partial charge >= 0.3 is 0 Å². The van der Waals surface area contributed by atoms with Crippen molar-refractivity contribution >= 4 is 0 Å². The van der Waals surface area contributed by atoms with Crippen LogP contribution in [-0.4, -0.2) is 0 Å². The maximum Gasteiger partial charge on any atom is 0 e. The molecule has 0 aliphatic rings. The predicted molar refractivity (Wildman–Crippen MR) is 0 cm³/mol. The first-order chi connectivity index (χ1) is 0. The molecule has 0 aromatic heterocycles. The third-order valence-electron chi connectivity index (χ3n) is 0. The van der Waals surface area contributed by atoms with Crippen LogP contribution in [0.5, 0.6) is 0 Å². The molecule has 0 aromatic carbocycles. The van der Waals surface area contributed by atoms with E-state index in [1.807, 2.05) is 0 Å².